The molecule has 2 aromatic rings. The summed E-state index contributed by atoms with van der Waals surface area (Å²) in [4.78, 5) is 16.2. The molecule has 0 aliphatic rings. The van der Waals surface area contributed by atoms with E-state index in [0.717, 1.165) is 0 Å². The fraction of sp³-hybridized carbons (Fsp3) is 0.0769. The third-order valence-corrected chi connectivity index (χ3v) is 2.61. The van der Waals surface area contributed by atoms with Crippen molar-refractivity contribution in [2.45, 2.75) is 0 Å². The summed E-state index contributed by atoms with van der Waals surface area (Å²) in [5.74, 6) is 0.312. The van der Waals surface area contributed by atoms with Gasteiger partial charge in [-0.1, -0.05) is 17.7 Å². The highest BCUT2D eigenvalue weighted by Gasteiger charge is 2.11. The minimum absolute atomic E-state index is 0.227. The SMILES string of the molecule is CNc1ncccc1C(=O)Nc1cccc(Cl)c1. The summed E-state index contributed by atoms with van der Waals surface area (Å²) in [7, 11) is 1.72. The minimum atomic E-state index is -0.227. The number of hydrogen-bond donors (Lipinski definition) is 2. The highest BCUT2D eigenvalue weighted by Crippen LogP contribution is 2.17. The van der Waals surface area contributed by atoms with Crippen LogP contribution in [0.4, 0.5) is 11.5 Å². The first-order valence-corrected chi connectivity index (χ1v) is 5.78. The fourth-order valence-corrected chi connectivity index (χ4v) is 1.74. The first-order chi connectivity index (χ1) is 8.70. The van der Waals surface area contributed by atoms with E-state index in [4.69, 9.17) is 11.6 Å². The summed E-state index contributed by atoms with van der Waals surface area (Å²) in [5.41, 5.74) is 1.14. The molecule has 0 saturated heterocycles. The Hall–Kier alpha value is -2.07. The number of carbonyl (C=O) groups is 1. The van der Waals surface area contributed by atoms with E-state index in [0.29, 0.717) is 22.1 Å². The van der Waals surface area contributed by atoms with E-state index >= 15 is 0 Å². The normalized spacial score (nSPS) is 9.89. The second-order valence-corrected chi connectivity index (χ2v) is 4.05. The lowest BCUT2D eigenvalue weighted by atomic mass is 10.2. The Balaban J connectivity index is 2.22. The van der Waals surface area contributed by atoms with Crippen LogP contribution in [-0.4, -0.2) is 17.9 Å². The summed E-state index contributed by atoms with van der Waals surface area (Å²) >= 11 is 5.86. The second kappa shape index (κ2) is 5.51. The lowest BCUT2D eigenvalue weighted by molar-refractivity contribution is 0.102. The number of nitrogens with one attached hydrogen (secondary N) is 2. The van der Waals surface area contributed by atoms with Gasteiger partial charge in [0, 0.05) is 24.0 Å². The van der Waals surface area contributed by atoms with Gasteiger partial charge in [-0.3, -0.25) is 4.79 Å². The van der Waals surface area contributed by atoms with Crippen molar-refractivity contribution in [1.82, 2.24) is 4.98 Å². The Labute approximate surface area is 110 Å². The second-order valence-electron chi connectivity index (χ2n) is 3.61. The number of aromatic nitrogens is 1. The molecule has 0 spiro atoms. The maximum Gasteiger partial charge on any atom is 0.259 e. The van der Waals surface area contributed by atoms with Crippen LogP contribution in [0.3, 0.4) is 0 Å². The molecule has 0 bridgehead atoms. The molecule has 0 saturated carbocycles. The molecule has 2 N–H and O–H groups in total. The Morgan fingerprint density at radius 3 is 2.83 bits per heavy atom. The topological polar surface area (TPSA) is 54.0 Å². The predicted molar refractivity (Wildman–Crippen MR) is 73.2 cm³/mol. The van der Waals surface area contributed by atoms with Crippen molar-refractivity contribution in [2.75, 3.05) is 17.7 Å². The Morgan fingerprint density at radius 1 is 1.28 bits per heavy atom. The minimum Gasteiger partial charge on any atom is -0.372 e. The Bertz CT molecular complexity index is 572. The molecule has 4 nitrogen and oxygen atoms in total. The first-order valence-electron chi connectivity index (χ1n) is 5.40. The van der Waals surface area contributed by atoms with Crippen LogP contribution in [0.1, 0.15) is 10.4 Å². The third-order valence-electron chi connectivity index (χ3n) is 2.37. The molecule has 92 valence electrons. The van der Waals surface area contributed by atoms with Gasteiger partial charge in [0.05, 0.1) is 5.56 Å². The molecule has 1 amide bonds. The quantitative estimate of drug-likeness (QED) is 0.893. The smallest absolute Gasteiger partial charge is 0.259 e. The molecule has 0 radical (unpaired) electrons. The van der Waals surface area contributed by atoms with Crippen molar-refractivity contribution < 1.29 is 4.79 Å². The highest BCUT2D eigenvalue weighted by molar-refractivity contribution is 6.31. The Morgan fingerprint density at radius 2 is 2.11 bits per heavy atom. The van der Waals surface area contributed by atoms with Gasteiger partial charge in [-0.2, -0.15) is 0 Å². The van der Waals surface area contributed by atoms with Crippen LogP contribution in [0.25, 0.3) is 0 Å². The van der Waals surface area contributed by atoms with Crippen LogP contribution in [0.2, 0.25) is 5.02 Å². The van der Waals surface area contributed by atoms with Gasteiger partial charge < -0.3 is 10.6 Å². The molecule has 2 rings (SSSR count). The standard InChI is InChI=1S/C13H12ClN3O/c1-15-12-11(6-3-7-16-12)13(18)17-10-5-2-4-9(14)8-10/h2-8H,1H3,(H,15,16)(H,17,18). The number of anilines is 2. The van der Waals surface area contributed by atoms with Gasteiger partial charge in [-0.25, -0.2) is 4.98 Å². The lowest BCUT2D eigenvalue weighted by Gasteiger charge is -2.08. The largest absolute Gasteiger partial charge is 0.372 e. The molecule has 0 atom stereocenters. The predicted octanol–water partition coefficient (Wildman–Crippen LogP) is 3.03. The van der Waals surface area contributed by atoms with Crippen molar-refractivity contribution >= 4 is 29.0 Å². The van der Waals surface area contributed by atoms with Gasteiger partial charge in [0.25, 0.3) is 5.91 Å². The summed E-state index contributed by atoms with van der Waals surface area (Å²) in [5, 5.41) is 6.22. The van der Waals surface area contributed by atoms with Gasteiger partial charge >= 0.3 is 0 Å². The number of amides is 1. The van der Waals surface area contributed by atoms with Crippen LogP contribution < -0.4 is 10.6 Å². The number of pyridine rings is 1. The fourth-order valence-electron chi connectivity index (χ4n) is 1.55. The van der Waals surface area contributed by atoms with Crippen LogP contribution in [-0.2, 0) is 0 Å². The van der Waals surface area contributed by atoms with Crippen LogP contribution >= 0.6 is 11.6 Å². The van der Waals surface area contributed by atoms with E-state index in [-0.39, 0.29) is 5.91 Å². The van der Waals surface area contributed by atoms with Gasteiger partial charge in [0.15, 0.2) is 0 Å². The monoisotopic (exact) mass is 261 g/mol. The molecule has 0 aliphatic heterocycles. The zero-order valence-corrected chi connectivity index (χ0v) is 10.5. The van der Waals surface area contributed by atoms with Gasteiger partial charge in [0.1, 0.15) is 5.82 Å². The van der Waals surface area contributed by atoms with E-state index in [9.17, 15) is 4.79 Å². The Kier molecular flexibility index (Phi) is 3.79. The number of halogens is 1. The molecular weight excluding hydrogens is 250 g/mol. The van der Waals surface area contributed by atoms with E-state index in [1.165, 1.54) is 0 Å². The van der Waals surface area contributed by atoms with Gasteiger partial charge in [-0.05, 0) is 30.3 Å². The summed E-state index contributed by atoms with van der Waals surface area (Å²) in [6.07, 6.45) is 1.63. The van der Waals surface area contributed by atoms with Crippen LogP contribution in [0.5, 0.6) is 0 Å². The molecule has 0 unspecified atom stereocenters. The molecule has 1 heterocycles. The molecule has 0 aliphatic carbocycles. The average molecular weight is 262 g/mol. The summed E-state index contributed by atoms with van der Waals surface area (Å²) in [6, 6.07) is 10.4. The summed E-state index contributed by atoms with van der Waals surface area (Å²) < 4.78 is 0. The molecule has 0 fully saturated rings. The van der Waals surface area contributed by atoms with E-state index in [1.807, 2.05) is 0 Å². The zero-order valence-electron chi connectivity index (χ0n) is 9.77. The van der Waals surface area contributed by atoms with E-state index in [1.54, 1.807) is 49.6 Å². The number of benzene rings is 1. The summed E-state index contributed by atoms with van der Waals surface area (Å²) in [6.45, 7) is 0. The van der Waals surface area contributed by atoms with Crippen molar-refractivity contribution in [1.29, 1.82) is 0 Å². The highest BCUT2D eigenvalue weighted by atomic mass is 35.5. The maximum absolute atomic E-state index is 12.1. The first kappa shape index (κ1) is 12.4. The van der Waals surface area contributed by atoms with E-state index in [2.05, 4.69) is 15.6 Å². The lowest BCUT2D eigenvalue weighted by Crippen LogP contribution is -2.14. The van der Waals surface area contributed by atoms with Crippen LogP contribution in [0, 0.1) is 0 Å². The van der Waals surface area contributed by atoms with Gasteiger partial charge in [-0.15, -0.1) is 0 Å². The molecule has 5 heteroatoms. The van der Waals surface area contributed by atoms with Crippen molar-refractivity contribution in [3.8, 4) is 0 Å². The zero-order chi connectivity index (χ0) is 13.0. The molecule has 18 heavy (non-hydrogen) atoms. The third kappa shape index (κ3) is 2.78. The number of carbonyl (C=O) groups excluding carboxylic acids is 1. The van der Waals surface area contributed by atoms with Gasteiger partial charge in [0.2, 0.25) is 0 Å². The number of hydrogen-bond acceptors (Lipinski definition) is 3. The molecule has 1 aromatic carbocycles. The van der Waals surface area contributed by atoms with Crippen molar-refractivity contribution in [3.63, 3.8) is 0 Å². The number of nitrogens with zero attached hydrogens (tertiary/aromatic N) is 1. The number of rotatable bonds is 3. The molecular formula is C13H12ClN3O. The molecule has 1 aromatic heterocycles. The maximum atomic E-state index is 12.1. The average Bonchev–Trinajstić information content (AvgIpc) is 2.38. The van der Waals surface area contributed by atoms with Crippen molar-refractivity contribution in [3.05, 3.63) is 53.2 Å². The van der Waals surface area contributed by atoms with Crippen molar-refractivity contribution in [2.24, 2.45) is 0 Å². The van der Waals surface area contributed by atoms with E-state index < -0.39 is 0 Å². The van der Waals surface area contributed by atoms with Crippen LogP contribution in [0.15, 0.2) is 42.6 Å².